The molecule has 0 fully saturated rings. The van der Waals surface area contributed by atoms with Gasteiger partial charge in [0.15, 0.2) is 0 Å². The van der Waals surface area contributed by atoms with E-state index >= 15 is 0 Å². The van der Waals surface area contributed by atoms with Crippen LogP contribution in [-0.4, -0.2) is 17.8 Å². The molecule has 0 amide bonds. The summed E-state index contributed by atoms with van der Waals surface area (Å²) in [6.45, 7) is 7.32. The fourth-order valence-electron chi connectivity index (χ4n) is 1.17. The molecule has 0 aliphatic heterocycles. The van der Waals surface area contributed by atoms with Crippen molar-refractivity contribution in [1.82, 2.24) is 5.32 Å². The minimum absolute atomic E-state index is 0.0970. The molecular formula is C12H18N2OS. The van der Waals surface area contributed by atoms with Crippen LogP contribution in [0.25, 0.3) is 0 Å². The van der Waals surface area contributed by atoms with Gasteiger partial charge in [0.2, 0.25) is 0 Å². The van der Waals surface area contributed by atoms with Gasteiger partial charge in [0.25, 0.3) is 0 Å². The largest absolute Gasteiger partial charge is 0.391 e. The predicted octanol–water partition coefficient (Wildman–Crippen LogP) is 2.12. The minimum atomic E-state index is -0.358. The molecule has 0 aromatic carbocycles. The molecule has 0 aliphatic rings. The Morgan fingerprint density at radius 2 is 2.19 bits per heavy atom. The van der Waals surface area contributed by atoms with Gasteiger partial charge in [-0.25, -0.2) is 0 Å². The average molecular weight is 238 g/mol. The van der Waals surface area contributed by atoms with Gasteiger partial charge >= 0.3 is 0 Å². The predicted molar refractivity (Wildman–Crippen MR) is 66.2 cm³/mol. The van der Waals surface area contributed by atoms with Crippen molar-refractivity contribution in [2.24, 2.45) is 5.41 Å². The Bertz CT molecular complexity index is 373. The van der Waals surface area contributed by atoms with Gasteiger partial charge in [-0.05, 0) is 17.5 Å². The van der Waals surface area contributed by atoms with E-state index in [9.17, 15) is 5.11 Å². The van der Waals surface area contributed by atoms with Crippen molar-refractivity contribution in [3.63, 3.8) is 0 Å². The number of nitrogens with zero attached hydrogens (tertiary/aromatic N) is 1. The monoisotopic (exact) mass is 238 g/mol. The summed E-state index contributed by atoms with van der Waals surface area (Å²) >= 11 is 1.49. The van der Waals surface area contributed by atoms with Gasteiger partial charge in [-0.2, -0.15) is 5.26 Å². The van der Waals surface area contributed by atoms with Crippen LogP contribution in [0, 0.1) is 16.7 Å². The maximum Gasteiger partial charge on any atom is 0.110 e. The zero-order chi connectivity index (χ0) is 12.2. The van der Waals surface area contributed by atoms with Crippen molar-refractivity contribution >= 4 is 11.3 Å². The Kier molecular flexibility index (Phi) is 4.48. The third kappa shape index (κ3) is 3.93. The number of nitriles is 1. The van der Waals surface area contributed by atoms with E-state index < -0.39 is 0 Å². The van der Waals surface area contributed by atoms with E-state index in [1.54, 1.807) is 0 Å². The molecule has 1 aromatic heterocycles. The maximum atomic E-state index is 9.80. The van der Waals surface area contributed by atoms with Gasteiger partial charge in [0, 0.05) is 18.0 Å². The number of rotatable bonds is 4. The van der Waals surface area contributed by atoms with Gasteiger partial charge in [0.1, 0.15) is 10.9 Å². The van der Waals surface area contributed by atoms with Gasteiger partial charge in [-0.15, -0.1) is 11.3 Å². The van der Waals surface area contributed by atoms with E-state index in [1.807, 2.05) is 32.9 Å². The molecule has 0 aliphatic carbocycles. The zero-order valence-corrected chi connectivity index (χ0v) is 10.8. The van der Waals surface area contributed by atoms with Crippen molar-refractivity contribution in [3.8, 4) is 6.07 Å². The molecule has 0 radical (unpaired) electrons. The topological polar surface area (TPSA) is 56.0 Å². The standard InChI is InChI=1S/C12H18N2OS/c1-12(2,3)11(15)8-14-7-10-5-4-9(6-13)16-10/h4-5,11,14-15H,7-8H2,1-3H3. The van der Waals surface area contributed by atoms with E-state index in [0.29, 0.717) is 13.1 Å². The molecule has 0 saturated carbocycles. The Labute approximate surface area is 101 Å². The van der Waals surface area contributed by atoms with Crippen molar-refractivity contribution in [2.75, 3.05) is 6.54 Å². The number of hydrogen-bond donors (Lipinski definition) is 2. The zero-order valence-electron chi connectivity index (χ0n) is 9.95. The van der Waals surface area contributed by atoms with E-state index in [2.05, 4.69) is 11.4 Å². The molecule has 1 unspecified atom stereocenters. The van der Waals surface area contributed by atoms with Gasteiger partial charge in [0.05, 0.1) is 6.10 Å². The molecule has 4 heteroatoms. The Balaban J connectivity index is 2.34. The Morgan fingerprint density at radius 3 is 2.69 bits per heavy atom. The molecule has 88 valence electrons. The molecule has 0 spiro atoms. The second kappa shape index (κ2) is 5.44. The molecule has 2 N–H and O–H groups in total. The fraction of sp³-hybridized carbons (Fsp3) is 0.583. The lowest BCUT2D eigenvalue weighted by Crippen LogP contribution is -2.36. The number of thiophene rings is 1. The summed E-state index contributed by atoms with van der Waals surface area (Å²) in [5.74, 6) is 0. The van der Waals surface area contributed by atoms with Gasteiger partial charge in [-0.3, -0.25) is 0 Å². The minimum Gasteiger partial charge on any atom is -0.391 e. The van der Waals surface area contributed by atoms with Crippen LogP contribution in [0.2, 0.25) is 0 Å². The van der Waals surface area contributed by atoms with Crippen LogP contribution in [0.5, 0.6) is 0 Å². The summed E-state index contributed by atoms with van der Waals surface area (Å²) < 4.78 is 0. The van der Waals surface area contributed by atoms with Crippen LogP contribution < -0.4 is 5.32 Å². The molecule has 1 aromatic rings. The fourth-order valence-corrected chi connectivity index (χ4v) is 1.95. The first-order valence-corrected chi connectivity index (χ1v) is 6.12. The van der Waals surface area contributed by atoms with Crippen molar-refractivity contribution in [2.45, 2.75) is 33.4 Å². The molecule has 3 nitrogen and oxygen atoms in total. The third-order valence-corrected chi connectivity index (χ3v) is 3.40. The SMILES string of the molecule is CC(C)(C)C(O)CNCc1ccc(C#N)s1. The van der Waals surface area contributed by atoms with Crippen LogP contribution in [0.3, 0.4) is 0 Å². The summed E-state index contributed by atoms with van der Waals surface area (Å²) in [5.41, 5.74) is -0.0970. The molecule has 1 atom stereocenters. The summed E-state index contributed by atoms with van der Waals surface area (Å²) in [7, 11) is 0. The van der Waals surface area contributed by atoms with Crippen LogP contribution in [-0.2, 0) is 6.54 Å². The van der Waals surface area contributed by atoms with Crippen LogP contribution in [0.1, 0.15) is 30.5 Å². The van der Waals surface area contributed by atoms with Crippen LogP contribution >= 0.6 is 11.3 Å². The normalized spacial score (nSPS) is 13.4. The van der Waals surface area contributed by atoms with E-state index in [0.717, 1.165) is 9.75 Å². The molecular weight excluding hydrogens is 220 g/mol. The quantitative estimate of drug-likeness (QED) is 0.844. The number of aliphatic hydroxyl groups excluding tert-OH is 1. The lowest BCUT2D eigenvalue weighted by molar-refractivity contribution is 0.0628. The number of nitrogens with one attached hydrogen (secondary N) is 1. The smallest absolute Gasteiger partial charge is 0.110 e. The first-order valence-electron chi connectivity index (χ1n) is 5.31. The van der Waals surface area contributed by atoms with E-state index in [1.165, 1.54) is 11.3 Å². The maximum absolute atomic E-state index is 9.80. The highest BCUT2D eigenvalue weighted by molar-refractivity contribution is 7.12. The lowest BCUT2D eigenvalue weighted by Gasteiger charge is -2.25. The van der Waals surface area contributed by atoms with Crippen molar-refractivity contribution < 1.29 is 5.11 Å². The number of aliphatic hydroxyl groups is 1. The highest BCUT2D eigenvalue weighted by Gasteiger charge is 2.21. The van der Waals surface area contributed by atoms with Gasteiger partial charge in [-0.1, -0.05) is 20.8 Å². The molecule has 1 heterocycles. The second-order valence-corrected chi connectivity index (χ2v) is 6.06. The Hall–Kier alpha value is -0.890. The molecule has 0 saturated heterocycles. The highest BCUT2D eigenvalue weighted by Crippen LogP contribution is 2.19. The average Bonchev–Trinajstić information content (AvgIpc) is 2.64. The first-order chi connectivity index (χ1) is 7.43. The summed E-state index contributed by atoms with van der Waals surface area (Å²) in [5, 5.41) is 21.7. The van der Waals surface area contributed by atoms with Crippen molar-refractivity contribution in [1.29, 1.82) is 5.26 Å². The summed E-state index contributed by atoms with van der Waals surface area (Å²) in [6, 6.07) is 5.88. The third-order valence-electron chi connectivity index (χ3n) is 2.41. The van der Waals surface area contributed by atoms with Crippen molar-refractivity contribution in [3.05, 3.63) is 21.9 Å². The lowest BCUT2D eigenvalue weighted by atomic mass is 9.89. The Morgan fingerprint density at radius 1 is 1.50 bits per heavy atom. The summed E-state index contributed by atoms with van der Waals surface area (Å²) in [4.78, 5) is 1.85. The highest BCUT2D eigenvalue weighted by atomic mass is 32.1. The number of hydrogen-bond acceptors (Lipinski definition) is 4. The first kappa shape index (κ1) is 13.2. The molecule has 0 bridgehead atoms. The van der Waals surface area contributed by atoms with Crippen LogP contribution in [0.15, 0.2) is 12.1 Å². The van der Waals surface area contributed by atoms with Crippen LogP contribution in [0.4, 0.5) is 0 Å². The van der Waals surface area contributed by atoms with E-state index in [4.69, 9.17) is 5.26 Å². The second-order valence-electron chi connectivity index (χ2n) is 4.89. The molecule has 1 rings (SSSR count). The van der Waals surface area contributed by atoms with Gasteiger partial charge < -0.3 is 10.4 Å². The summed E-state index contributed by atoms with van der Waals surface area (Å²) in [6.07, 6.45) is -0.358. The van der Waals surface area contributed by atoms with E-state index in [-0.39, 0.29) is 11.5 Å². The molecule has 16 heavy (non-hydrogen) atoms.